The van der Waals surface area contributed by atoms with Crippen molar-refractivity contribution in [3.05, 3.63) is 17.8 Å². The fraction of sp³-hybridized carbons (Fsp3) is 0.583. The molecule has 0 aliphatic heterocycles. The number of nitrogens with one attached hydrogen (secondary N) is 1. The Morgan fingerprint density at radius 3 is 2.56 bits per heavy atom. The van der Waals surface area contributed by atoms with Gasteiger partial charge in [-0.2, -0.15) is 0 Å². The van der Waals surface area contributed by atoms with Crippen LogP contribution in [0.1, 0.15) is 42.6 Å². The monoisotopic (exact) mass is 250 g/mol. The van der Waals surface area contributed by atoms with E-state index in [0.717, 1.165) is 25.7 Å². The molecule has 18 heavy (non-hydrogen) atoms. The van der Waals surface area contributed by atoms with Gasteiger partial charge in [-0.1, -0.05) is 19.3 Å². The van der Waals surface area contributed by atoms with Gasteiger partial charge in [0, 0.05) is 0 Å². The number of aliphatic hydroxyl groups is 1. The molecule has 0 aromatic carbocycles. The number of anilines is 1. The Hall–Kier alpha value is -1.69. The van der Waals surface area contributed by atoms with E-state index in [2.05, 4.69) is 15.5 Å². The van der Waals surface area contributed by atoms with Crippen LogP contribution in [0.4, 0.5) is 5.82 Å². The maximum atomic E-state index is 10.9. The molecule has 1 aromatic heterocycles. The van der Waals surface area contributed by atoms with Crippen molar-refractivity contribution < 1.29 is 9.90 Å². The summed E-state index contributed by atoms with van der Waals surface area (Å²) in [5.74, 6) is -0.0282. The number of nitrogens with zero attached hydrogens (tertiary/aromatic N) is 2. The standard InChI is InChI=1S/C12H18N4O2/c13-11(18)9-4-5-10(16-15-9)14-12(8-17)6-2-1-3-7-12/h4-5,17H,1-3,6-8H2,(H2,13,18)(H,14,16). The molecule has 1 saturated carbocycles. The van der Waals surface area contributed by atoms with Crippen LogP contribution in [0.2, 0.25) is 0 Å². The summed E-state index contributed by atoms with van der Waals surface area (Å²) in [7, 11) is 0. The maximum Gasteiger partial charge on any atom is 0.269 e. The van der Waals surface area contributed by atoms with Gasteiger partial charge in [0.05, 0.1) is 12.1 Å². The van der Waals surface area contributed by atoms with Gasteiger partial charge in [0.2, 0.25) is 0 Å². The second-order valence-electron chi connectivity index (χ2n) is 4.79. The normalized spacial score (nSPS) is 18.3. The summed E-state index contributed by atoms with van der Waals surface area (Å²) in [4.78, 5) is 10.9. The molecular weight excluding hydrogens is 232 g/mol. The topological polar surface area (TPSA) is 101 Å². The summed E-state index contributed by atoms with van der Waals surface area (Å²) in [5.41, 5.74) is 4.93. The van der Waals surface area contributed by atoms with Gasteiger partial charge in [-0.3, -0.25) is 4.79 Å². The molecule has 6 heteroatoms. The molecule has 1 aliphatic carbocycles. The van der Waals surface area contributed by atoms with Crippen molar-refractivity contribution in [2.24, 2.45) is 5.73 Å². The van der Waals surface area contributed by atoms with E-state index in [1.54, 1.807) is 6.07 Å². The van der Waals surface area contributed by atoms with Gasteiger partial charge in [0.15, 0.2) is 5.69 Å². The van der Waals surface area contributed by atoms with E-state index in [0.29, 0.717) is 5.82 Å². The number of carbonyl (C=O) groups excluding carboxylic acids is 1. The zero-order chi connectivity index (χ0) is 13.0. The van der Waals surface area contributed by atoms with Gasteiger partial charge in [0.25, 0.3) is 5.91 Å². The molecule has 0 bridgehead atoms. The van der Waals surface area contributed by atoms with Gasteiger partial charge in [-0.15, -0.1) is 10.2 Å². The Morgan fingerprint density at radius 1 is 1.33 bits per heavy atom. The SMILES string of the molecule is NC(=O)c1ccc(NC2(CO)CCCCC2)nn1. The Kier molecular flexibility index (Phi) is 3.76. The smallest absolute Gasteiger partial charge is 0.269 e. The lowest BCUT2D eigenvalue weighted by Crippen LogP contribution is -2.44. The quantitative estimate of drug-likeness (QED) is 0.729. The van der Waals surface area contributed by atoms with Crippen LogP contribution >= 0.6 is 0 Å². The number of aliphatic hydroxyl groups excluding tert-OH is 1. The molecule has 1 fully saturated rings. The van der Waals surface area contributed by atoms with Crippen LogP contribution in [-0.4, -0.2) is 33.4 Å². The van der Waals surface area contributed by atoms with Crippen molar-refractivity contribution in [1.82, 2.24) is 10.2 Å². The Bertz CT molecular complexity index is 413. The zero-order valence-electron chi connectivity index (χ0n) is 10.2. The molecule has 1 aromatic rings. The van der Waals surface area contributed by atoms with Gasteiger partial charge >= 0.3 is 0 Å². The minimum atomic E-state index is -0.594. The average molecular weight is 250 g/mol. The van der Waals surface area contributed by atoms with Crippen LogP contribution in [0.5, 0.6) is 0 Å². The fourth-order valence-electron chi connectivity index (χ4n) is 2.35. The van der Waals surface area contributed by atoms with Gasteiger partial charge in [-0.25, -0.2) is 0 Å². The maximum absolute atomic E-state index is 10.9. The highest BCUT2D eigenvalue weighted by atomic mass is 16.3. The summed E-state index contributed by atoms with van der Waals surface area (Å²) in [6.45, 7) is 0.0756. The molecule has 6 nitrogen and oxygen atoms in total. The third-order valence-electron chi connectivity index (χ3n) is 3.42. The summed E-state index contributed by atoms with van der Waals surface area (Å²) in [5, 5.41) is 20.4. The third kappa shape index (κ3) is 2.76. The number of hydrogen-bond acceptors (Lipinski definition) is 5. The highest BCUT2D eigenvalue weighted by Gasteiger charge is 2.31. The lowest BCUT2D eigenvalue weighted by atomic mass is 9.82. The fourth-order valence-corrected chi connectivity index (χ4v) is 2.35. The minimum absolute atomic E-state index is 0.0756. The van der Waals surface area contributed by atoms with Crippen LogP contribution in [0.3, 0.4) is 0 Å². The molecule has 0 radical (unpaired) electrons. The molecular formula is C12H18N4O2. The van der Waals surface area contributed by atoms with E-state index in [-0.39, 0.29) is 17.8 Å². The molecule has 1 amide bonds. The second-order valence-corrected chi connectivity index (χ2v) is 4.79. The highest BCUT2D eigenvalue weighted by molar-refractivity contribution is 5.90. The van der Waals surface area contributed by atoms with Crippen LogP contribution in [0.25, 0.3) is 0 Å². The number of aromatic nitrogens is 2. The van der Waals surface area contributed by atoms with Crippen molar-refractivity contribution in [1.29, 1.82) is 0 Å². The van der Waals surface area contributed by atoms with Crippen molar-refractivity contribution in [3.63, 3.8) is 0 Å². The predicted molar refractivity (Wildman–Crippen MR) is 67.1 cm³/mol. The number of nitrogens with two attached hydrogens (primary N) is 1. The van der Waals surface area contributed by atoms with Crippen molar-refractivity contribution in [2.75, 3.05) is 11.9 Å². The zero-order valence-corrected chi connectivity index (χ0v) is 10.2. The lowest BCUT2D eigenvalue weighted by Gasteiger charge is -2.36. The number of hydrogen-bond donors (Lipinski definition) is 3. The van der Waals surface area contributed by atoms with Crippen molar-refractivity contribution >= 4 is 11.7 Å². The number of primary amides is 1. The lowest BCUT2D eigenvalue weighted by molar-refractivity contribution is 0.0994. The van der Waals surface area contributed by atoms with E-state index in [4.69, 9.17) is 5.73 Å². The number of amides is 1. The van der Waals surface area contributed by atoms with Gasteiger partial charge in [-0.05, 0) is 25.0 Å². The Labute approximate surface area is 106 Å². The van der Waals surface area contributed by atoms with Crippen LogP contribution in [0.15, 0.2) is 12.1 Å². The molecule has 98 valence electrons. The van der Waals surface area contributed by atoms with Crippen LogP contribution < -0.4 is 11.1 Å². The first-order valence-corrected chi connectivity index (χ1v) is 6.18. The van der Waals surface area contributed by atoms with Crippen molar-refractivity contribution in [3.8, 4) is 0 Å². The largest absolute Gasteiger partial charge is 0.394 e. The van der Waals surface area contributed by atoms with Gasteiger partial charge in [0.1, 0.15) is 5.82 Å². The minimum Gasteiger partial charge on any atom is -0.394 e. The third-order valence-corrected chi connectivity index (χ3v) is 3.42. The first-order chi connectivity index (χ1) is 8.65. The van der Waals surface area contributed by atoms with Crippen LogP contribution in [0, 0.1) is 0 Å². The predicted octanol–water partition coefficient (Wildman–Crippen LogP) is 0.683. The molecule has 0 unspecified atom stereocenters. The molecule has 2 rings (SSSR count). The van der Waals surface area contributed by atoms with Gasteiger partial charge < -0.3 is 16.2 Å². The summed E-state index contributed by atoms with van der Waals surface area (Å²) in [6.07, 6.45) is 5.24. The van der Waals surface area contributed by atoms with E-state index in [1.807, 2.05) is 0 Å². The Morgan fingerprint density at radius 2 is 2.06 bits per heavy atom. The van der Waals surface area contributed by atoms with Crippen LogP contribution in [-0.2, 0) is 0 Å². The molecule has 1 aliphatic rings. The van der Waals surface area contributed by atoms with E-state index in [1.165, 1.54) is 12.5 Å². The molecule has 0 spiro atoms. The summed E-state index contributed by atoms with van der Waals surface area (Å²) < 4.78 is 0. The second kappa shape index (κ2) is 5.30. The van der Waals surface area contributed by atoms with E-state index < -0.39 is 5.91 Å². The van der Waals surface area contributed by atoms with E-state index in [9.17, 15) is 9.90 Å². The number of rotatable bonds is 4. The molecule has 0 saturated heterocycles. The average Bonchev–Trinajstić information content (AvgIpc) is 2.40. The molecule has 4 N–H and O–H groups in total. The summed E-state index contributed by atoms with van der Waals surface area (Å²) >= 11 is 0. The number of carbonyl (C=O) groups is 1. The highest BCUT2D eigenvalue weighted by Crippen LogP contribution is 2.30. The molecule has 1 heterocycles. The Balaban J connectivity index is 2.09. The van der Waals surface area contributed by atoms with Crippen molar-refractivity contribution in [2.45, 2.75) is 37.6 Å². The first kappa shape index (κ1) is 12.8. The summed E-state index contributed by atoms with van der Waals surface area (Å²) in [6, 6.07) is 3.20. The molecule has 0 atom stereocenters. The van der Waals surface area contributed by atoms with E-state index >= 15 is 0 Å². The first-order valence-electron chi connectivity index (χ1n) is 6.18.